The maximum atomic E-state index is 12.7. The molecule has 31 heavy (non-hydrogen) atoms. The Labute approximate surface area is 182 Å². The molecule has 10 heteroatoms. The number of amides is 1. The van der Waals surface area contributed by atoms with Crippen molar-refractivity contribution in [3.63, 3.8) is 0 Å². The number of rotatable bonds is 8. The zero-order valence-corrected chi connectivity index (χ0v) is 18.0. The zero-order chi connectivity index (χ0) is 21.8. The third kappa shape index (κ3) is 4.43. The molecule has 0 atom stereocenters. The number of thiazole rings is 1. The molecule has 3 aromatic rings. The van der Waals surface area contributed by atoms with Crippen LogP contribution in [-0.2, 0) is 6.54 Å². The lowest BCUT2D eigenvalue weighted by Crippen LogP contribution is -2.10. The molecule has 0 saturated heterocycles. The minimum absolute atomic E-state index is 0.239. The van der Waals surface area contributed by atoms with E-state index in [0.29, 0.717) is 39.5 Å². The van der Waals surface area contributed by atoms with Gasteiger partial charge in [-0.15, -0.1) is 0 Å². The van der Waals surface area contributed by atoms with Crippen LogP contribution in [0, 0.1) is 0 Å². The number of methoxy groups -OCH3 is 3. The molecule has 0 spiro atoms. The number of hydrogen-bond acceptors (Lipinski definition) is 9. The van der Waals surface area contributed by atoms with Gasteiger partial charge in [-0.25, -0.2) is 4.98 Å². The Hall–Kier alpha value is -3.66. The summed E-state index contributed by atoms with van der Waals surface area (Å²) in [6.45, 7) is 0.779. The quantitative estimate of drug-likeness (QED) is 0.543. The molecule has 0 radical (unpaired) electrons. The maximum Gasteiger partial charge on any atom is 0.267 e. The fourth-order valence-electron chi connectivity index (χ4n) is 3.04. The number of ether oxygens (including phenoxy) is 5. The van der Waals surface area contributed by atoms with E-state index in [-0.39, 0.29) is 12.7 Å². The molecule has 4 rings (SSSR count). The Bertz CT molecular complexity index is 1080. The summed E-state index contributed by atoms with van der Waals surface area (Å²) >= 11 is 1.26. The number of aromatic nitrogens is 1. The number of benzene rings is 2. The molecule has 1 aliphatic rings. The summed E-state index contributed by atoms with van der Waals surface area (Å²) < 4.78 is 26.6. The molecule has 2 N–H and O–H groups in total. The third-order valence-corrected chi connectivity index (χ3v) is 5.49. The van der Waals surface area contributed by atoms with Crippen LogP contribution >= 0.6 is 11.3 Å². The second-order valence-corrected chi connectivity index (χ2v) is 7.47. The summed E-state index contributed by atoms with van der Waals surface area (Å²) in [7, 11) is 4.56. The minimum Gasteiger partial charge on any atom is -0.493 e. The van der Waals surface area contributed by atoms with Crippen molar-refractivity contribution in [3.8, 4) is 28.7 Å². The summed E-state index contributed by atoms with van der Waals surface area (Å²) in [4.78, 5) is 17.4. The van der Waals surface area contributed by atoms with Crippen LogP contribution in [0.25, 0.3) is 0 Å². The van der Waals surface area contributed by atoms with E-state index in [0.717, 1.165) is 17.1 Å². The first-order chi connectivity index (χ1) is 15.1. The normalized spacial score (nSPS) is 11.7. The molecule has 2 heterocycles. The first-order valence-corrected chi connectivity index (χ1v) is 10.1. The average Bonchev–Trinajstić information content (AvgIpc) is 3.46. The molecule has 1 aliphatic heterocycles. The molecule has 1 aromatic heterocycles. The molecule has 9 nitrogen and oxygen atoms in total. The predicted octanol–water partition coefficient (Wildman–Crippen LogP) is 3.76. The van der Waals surface area contributed by atoms with Crippen molar-refractivity contribution in [1.29, 1.82) is 0 Å². The lowest BCUT2D eigenvalue weighted by atomic mass is 10.2. The Balaban J connectivity index is 1.41. The standard InChI is InChI=1S/C21H21N3O6S/c1-26-16-7-13(8-17(27-2)19(16)28-3)24-20(25)18-10-23-21(31-18)22-9-12-4-5-14-15(6-12)30-11-29-14/h4-8,10H,9,11H2,1-3H3,(H,22,23)(H,24,25). The van der Waals surface area contributed by atoms with Crippen LogP contribution in [0.2, 0.25) is 0 Å². The van der Waals surface area contributed by atoms with Gasteiger partial charge in [0.2, 0.25) is 12.5 Å². The van der Waals surface area contributed by atoms with E-state index in [9.17, 15) is 4.79 Å². The van der Waals surface area contributed by atoms with Gasteiger partial charge in [-0.1, -0.05) is 17.4 Å². The zero-order valence-electron chi connectivity index (χ0n) is 17.2. The number of hydrogen-bond donors (Lipinski definition) is 2. The highest BCUT2D eigenvalue weighted by molar-refractivity contribution is 7.17. The monoisotopic (exact) mass is 443 g/mol. The number of fused-ring (bicyclic) bond motifs is 1. The van der Waals surface area contributed by atoms with Gasteiger partial charge in [0.25, 0.3) is 5.91 Å². The first-order valence-electron chi connectivity index (χ1n) is 9.31. The number of anilines is 2. The highest BCUT2D eigenvalue weighted by Crippen LogP contribution is 2.40. The summed E-state index contributed by atoms with van der Waals surface area (Å²) in [6.07, 6.45) is 1.53. The van der Waals surface area contributed by atoms with E-state index in [1.807, 2.05) is 18.2 Å². The molecule has 2 aromatic carbocycles. The Kier molecular flexibility index (Phi) is 5.99. The van der Waals surface area contributed by atoms with Crippen LogP contribution in [-0.4, -0.2) is 39.0 Å². The maximum absolute atomic E-state index is 12.7. The topological polar surface area (TPSA) is 100 Å². The Morgan fingerprint density at radius 2 is 1.81 bits per heavy atom. The Morgan fingerprint density at radius 3 is 2.52 bits per heavy atom. The van der Waals surface area contributed by atoms with Crippen molar-refractivity contribution in [3.05, 3.63) is 47.0 Å². The van der Waals surface area contributed by atoms with Crippen LogP contribution in [0.1, 0.15) is 15.2 Å². The second-order valence-electron chi connectivity index (χ2n) is 6.44. The highest BCUT2D eigenvalue weighted by atomic mass is 32.1. The Morgan fingerprint density at radius 1 is 1.06 bits per heavy atom. The van der Waals surface area contributed by atoms with Gasteiger partial charge in [-0.05, 0) is 17.7 Å². The van der Waals surface area contributed by atoms with Gasteiger partial charge in [-0.3, -0.25) is 4.79 Å². The number of nitrogens with zero attached hydrogens (tertiary/aromatic N) is 1. The number of carbonyl (C=O) groups is 1. The third-order valence-electron chi connectivity index (χ3n) is 4.53. The second kappa shape index (κ2) is 9.00. The number of carbonyl (C=O) groups excluding carboxylic acids is 1. The fraction of sp³-hybridized carbons (Fsp3) is 0.238. The van der Waals surface area contributed by atoms with Crippen molar-refractivity contribution in [1.82, 2.24) is 4.98 Å². The molecule has 162 valence electrons. The van der Waals surface area contributed by atoms with Gasteiger partial charge >= 0.3 is 0 Å². The van der Waals surface area contributed by atoms with Gasteiger partial charge in [-0.2, -0.15) is 0 Å². The predicted molar refractivity (Wildman–Crippen MR) is 116 cm³/mol. The summed E-state index contributed by atoms with van der Waals surface area (Å²) in [5.74, 6) is 2.53. The van der Waals surface area contributed by atoms with Crippen LogP contribution in [0.15, 0.2) is 36.5 Å². The van der Waals surface area contributed by atoms with E-state index in [2.05, 4.69) is 15.6 Å². The van der Waals surface area contributed by atoms with Crippen LogP contribution in [0.4, 0.5) is 10.8 Å². The average molecular weight is 443 g/mol. The summed E-state index contributed by atoms with van der Waals surface area (Å²) in [6, 6.07) is 9.07. The highest BCUT2D eigenvalue weighted by Gasteiger charge is 2.17. The first kappa shape index (κ1) is 20.6. The van der Waals surface area contributed by atoms with E-state index in [1.165, 1.54) is 38.9 Å². The van der Waals surface area contributed by atoms with Crippen molar-refractivity contribution < 1.29 is 28.5 Å². The molecular weight excluding hydrogens is 422 g/mol. The number of nitrogens with one attached hydrogen (secondary N) is 2. The largest absolute Gasteiger partial charge is 0.493 e. The molecule has 1 amide bonds. The van der Waals surface area contributed by atoms with Gasteiger partial charge in [0.05, 0.1) is 27.5 Å². The lowest BCUT2D eigenvalue weighted by Gasteiger charge is -2.14. The van der Waals surface area contributed by atoms with Crippen LogP contribution in [0.3, 0.4) is 0 Å². The smallest absolute Gasteiger partial charge is 0.267 e. The van der Waals surface area contributed by atoms with Crippen LogP contribution < -0.4 is 34.3 Å². The minimum atomic E-state index is -0.289. The van der Waals surface area contributed by atoms with Crippen molar-refractivity contribution in [2.24, 2.45) is 0 Å². The van der Waals surface area contributed by atoms with Crippen molar-refractivity contribution >= 4 is 28.1 Å². The SMILES string of the molecule is COc1cc(NC(=O)c2cnc(NCc3ccc4c(c3)OCO4)s2)cc(OC)c1OC. The molecular formula is C21H21N3O6S. The van der Waals surface area contributed by atoms with Crippen molar-refractivity contribution in [2.75, 3.05) is 38.8 Å². The van der Waals surface area contributed by atoms with Gasteiger partial charge in [0.1, 0.15) is 4.88 Å². The van der Waals surface area contributed by atoms with Crippen molar-refractivity contribution in [2.45, 2.75) is 6.54 Å². The fourth-order valence-corrected chi connectivity index (χ4v) is 3.74. The lowest BCUT2D eigenvalue weighted by molar-refractivity contribution is 0.103. The van der Waals surface area contributed by atoms with E-state index in [4.69, 9.17) is 23.7 Å². The molecule has 0 aliphatic carbocycles. The van der Waals surface area contributed by atoms with E-state index in [1.54, 1.807) is 12.1 Å². The summed E-state index contributed by atoms with van der Waals surface area (Å²) in [5.41, 5.74) is 1.53. The van der Waals surface area contributed by atoms with Gasteiger partial charge < -0.3 is 34.3 Å². The van der Waals surface area contributed by atoms with E-state index >= 15 is 0 Å². The van der Waals surface area contributed by atoms with E-state index < -0.39 is 0 Å². The molecule has 0 fully saturated rings. The van der Waals surface area contributed by atoms with Crippen LogP contribution in [0.5, 0.6) is 28.7 Å². The van der Waals surface area contributed by atoms with Gasteiger partial charge in [0, 0.05) is 24.4 Å². The molecule has 0 saturated carbocycles. The molecule has 0 bridgehead atoms. The van der Waals surface area contributed by atoms with Gasteiger partial charge in [0.15, 0.2) is 28.1 Å². The summed E-state index contributed by atoms with van der Waals surface area (Å²) in [5, 5.41) is 6.68. The molecule has 0 unspecified atom stereocenters.